The van der Waals surface area contributed by atoms with E-state index in [1.807, 2.05) is 14.0 Å². The molecule has 1 aromatic heterocycles. The third-order valence-electron chi connectivity index (χ3n) is 2.84. The molecule has 0 aromatic carbocycles. The first kappa shape index (κ1) is 11.9. The molecule has 0 saturated carbocycles. The molecule has 92 valence electrons. The fourth-order valence-corrected chi connectivity index (χ4v) is 1.95. The van der Waals surface area contributed by atoms with E-state index in [0.29, 0.717) is 0 Å². The maximum atomic E-state index is 11.1. The van der Waals surface area contributed by atoms with Gasteiger partial charge in [-0.1, -0.05) is 0 Å². The van der Waals surface area contributed by atoms with E-state index in [0.717, 1.165) is 25.1 Å². The number of nitrogens with zero attached hydrogens (tertiary/aromatic N) is 2. The molecule has 0 aliphatic carbocycles. The zero-order chi connectivity index (χ0) is 12.4. The highest BCUT2D eigenvalue weighted by Crippen LogP contribution is 2.20. The molecule has 1 saturated heterocycles. The van der Waals surface area contributed by atoms with E-state index >= 15 is 0 Å². The summed E-state index contributed by atoms with van der Waals surface area (Å²) in [6.45, 7) is 3.60. The molecule has 2 heterocycles. The van der Waals surface area contributed by atoms with Gasteiger partial charge in [-0.15, -0.1) is 0 Å². The van der Waals surface area contributed by atoms with Crippen LogP contribution in [0.4, 0.5) is 0 Å². The lowest BCUT2D eigenvalue weighted by Gasteiger charge is -2.14. The highest BCUT2D eigenvalue weighted by Gasteiger charge is 2.23. The Kier molecular flexibility index (Phi) is 3.28. The molecule has 1 atom stereocenters. The molecule has 17 heavy (non-hydrogen) atoms. The van der Waals surface area contributed by atoms with Crippen molar-refractivity contribution in [1.82, 2.24) is 9.88 Å². The quantitative estimate of drug-likeness (QED) is 0.853. The van der Waals surface area contributed by atoms with Crippen molar-refractivity contribution in [1.29, 1.82) is 0 Å². The van der Waals surface area contributed by atoms with Crippen molar-refractivity contribution in [3.8, 4) is 5.88 Å². The molecule has 1 unspecified atom stereocenters. The fraction of sp³-hybridized carbons (Fsp3) is 0.500. The summed E-state index contributed by atoms with van der Waals surface area (Å²) >= 11 is 0. The Morgan fingerprint density at radius 3 is 3.00 bits per heavy atom. The second-order valence-electron chi connectivity index (χ2n) is 4.46. The normalized spacial score (nSPS) is 20.5. The average Bonchev–Trinajstić information content (AvgIpc) is 2.66. The molecular formula is C12H16N2O3. The molecule has 0 spiro atoms. The summed E-state index contributed by atoms with van der Waals surface area (Å²) in [6, 6.07) is 1.59. The van der Waals surface area contributed by atoms with Crippen LogP contribution in [0.1, 0.15) is 22.3 Å². The van der Waals surface area contributed by atoms with Crippen molar-refractivity contribution in [2.45, 2.75) is 19.4 Å². The Morgan fingerprint density at radius 2 is 2.41 bits per heavy atom. The van der Waals surface area contributed by atoms with Crippen molar-refractivity contribution < 1.29 is 14.6 Å². The van der Waals surface area contributed by atoms with Crippen molar-refractivity contribution in [3.05, 3.63) is 23.4 Å². The van der Waals surface area contributed by atoms with Gasteiger partial charge in [-0.05, 0) is 32.0 Å². The van der Waals surface area contributed by atoms with Gasteiger partial charge in [0.05, 0.1) is 0 Å². The summed E-state index contributed by atoms with van der Waals surface area (Å²) in [7, 11) is 2.02. The molecule has 5 nitrogen and oxygen atoms in total. The fourth-order valence-electron chi connectivity index (χ4n) is 1.95. The van der Waals surface area contributed by atoms with E-state index in [4.69, 9.17) is 9.84 Å². The lowest BCUT2D eigenvalue weighted by molar-refractivity contribution is 0.0687. The first-order valence-corrected chi connectivity index (χ1v) is 5.61. The van der Waals surface area contributed by atoms with Crippen LogP contribution >= 0.6 is 0 Å². The summed E-state index contributed by atoms with van der Waals surface area (Å²) in [6.07, 6.45) is 2.57. The molecule has 1 fully saturated rings. The van der Waals surface area contributed by atoms with Crippen LogP contribution in [0.3, 0.4) is 0 Å². The van der Waals surface area contributed by atoms with Gasteiger partial charge < -0.3 is 14.7 Å². The van der Waals surface area contributed by atoms with Crippen molar-refractivity contribution in [2.24, 2.45) is 0 Å². The number of aryl methyl sites for hydroxylation is 1. The Bertz CT molecular complexity index is 434. The van der Waals surface area contributed by atoms with Gasteiger partial charge in [0.1, 0.15) is 11.7 Å². The lowest BCUT2D eigenvalue weighted by Crippen LogP contribution is -2.22. The van der Waals surface area contributed by atoms with Crippen LogP contribution in [-0.2, 0) is 0 Å². The summed E-state index contributed by atoms with van der Waals surface area (Å²) in [4.78, 5) is 17.3. The van der Waals surface area contributed by atoms with Gasteiger partial charge in [0.15, 0.2) is 0 Å². The van der Waals surface area contributed by atoms with E-state index in [9.17, 15) is 4.79 Å². The van der Waals surface area contributed by atoms with Gasteiger partial charge in [0, 0.05) is 19.3 Å². The van der Waals surface area contributed by atoms with E-state index < -0.39 is 5.97 Å². The lowest BCUT2D eigenvalue weighted by atomic mass is 10.2. The molecule has 0 radical (unpaired) electrons. The molecule has 2 rings (SSSR count). The van der Waals surface area contributed by atoms with Gasteiger partial charge in [-0.3, -0.25) is 0 Å². The third kappa shape index (κ3) is 2.74. The summed E-state index contributed by atoms with van der Waals surface area (Å²) in [5.41, 5.74) is 0.956. The topological polar surface area (TPSA) is 62.7 Å². The summed E-state index contributed by atoms with van der Waals surface area (Å²) in [5.74, 6) is -0.772. The maximum Gasteiger partial charge on any atom is 0.341 e. The van der Waals surface area contributed by atoms with Gasteiger partial charge in [-0.2, -0.15) is 0 Å². The molecule has 5 heteroatoms. The molecule has 0 amide bonds. The number of carboxylic acids is 1. The van der Waals surface area contributed by atoms with E-state index in [2.05, 4.69) is 9.88 Å². The monoisotopic (exact) mass is 236 g/mol. The standard InChI is InChI=1S/C12H16N2O3/c1-8-5-10(12(15)16)11(13-6-8)17-9-3-4-14(2)7-9/h5-6,9H,3-4,7H2,1-2H3,(H,15,16). The Balaban J connectivity index is 2.17. The van der Waals surface area contributed by atoms with Crippen LogP contribution in [0.2, 0.25) is 0 Å². The molecular weight excluding hydrogens is 220 g/mol. The van der Waals surface area contributed by atoms with Crippen LogP contribution in [0, 0.1) is 6.92 Å². The second kappa shape index (κ2) is 4.71. The molecule has 1 aliphatic rings. The number of carboxylic acid groups (broad SMARTS) is 1. The third-order valence-corrected chi connectivity index (χ3v) is 2.84. The maximum absolute atomic E-state index is 11.1. The number of aromatic carboxylic acids is 1. The molecule has 1 N–H and O–H groups in total. The van der Waals surface area contributed by atoms with E-state index in [-0.39, 0.29) is 17.5 Å². The number of pyridine rings is 1. The van der Waals surface area contributed by atoms with Crippen LogP contribution < -0.4 is 4.74 Å². The van der Waals surface area contributed by atoms with Crippen LogP contribution in [0.5, 0.6) is 5.88 Å². The summed E-state index contributed by atoms with van der Waals surface area (Å²) in [5, 5.41) is 9.09. The zero-order valence-corrected chi connectivity index (χ0v) is 10.0. The number of aromatic nitrogens is 1. The van der Waals surface area contributed by atoms with E-state index in [1.54, 1.807) is 12.3 Å². The summed E-state index contributed by atoms with van der Waals surface area (Å²) < 4.78 is 5.66. The number of rotatable bonds is 3. The van der Waals surface area contributed by atoms with Crippen molar-refractivity contribution in [2.75, 3.05) is 20.1 Å². The highest BCUT2D eigenvalue weighted by molar-refractivity contribution is 5.90. The van der Waals surface area contributed by atoms with Crippen molar-refractivity contribution >= 4 is 5.97 Å². The Labute approximate surface area is 100 Å². The smallest absolute Gasteiger partial charge is 0.341 e. The zero-order valence-electron chi connectivity index (χ0n) is 10.0. The molecule has 1 aromatic rings. The molecule has 1 aliphatic heterocycles. The van der Waals surface area contributed by atoms with Gasteiger partial charge in [0.25, 0.3) is 0 Å². The first-order valence-electron chi connectivity index (χ1n) is 5.61. The predicted octanol–water partition coefficient (Wildman–Crippen LogP) is 1.17. The molecule has 0 bridgehead atoms. The number of likely N-dealkylation sites (N-methyl/N-ethyl adjacent to an activating group) is 1. The first-order chi connectivity index (χ1) is 8.06. The van der Waals surface area contributed by atoms with Crippen LogP contribution in [-0.4, -0.2) is 47.2 Å². The Morgan fingerprint density at radius 1 is 1.65 bits per heavy atom. The Hall–Kier alpha value is -1.62. The number of ether oxygens (including phenoxy) is 1. The van der Waals surface area contributed by atoms with Crippen LogP contribution in [0.15, 0.2) is 12.3 Å². The van der Waals surface area contributed by atoms with E-state index in [1.165, 1.54) is 0 Å². The minimum atomic E-state index is -0.998. The van der Waals surface area contributed by atoms with Crippen molar-refractivity contribution in [3.63, 3.8) is 0 Å². The number of likely N-dealkylation sites (tertiary alicyclic amines) is 1. The van der Waals surface area contributed by atoms with Gasteiger partial charge >= 0.3 is 5.97 Å². The second-order valence-corrected chi connectivity index (χ2v) is 4.46. The average molecular weight is 236 g/mol. The number of hydrogen-bond donors (Lipinski definition) is 1. The SMILES string of the molecule is Cc1cnc(OC2CCN(C)C2)c(C(=O)O)c1. The predicted molar refractivity (Wildman–Crippen MR) is 62.5 cm³/mol. The highest BCUT2D eigenvalue weighted by atomic mass is 16.5. The van der Waals surface area contributed by atoms with Gasteiger partial charge in [0.2, 0.25) is 5.88 Å². The minimum absolute atomic E-state index is 0.0355. The largest absolute Gasteiger partial charge is 0.477 e. The number of hydrogen-bond acceptors (Lipinski definition) is 4. The minimum Gasteiger partial charge on any atom is -0.477 e. The van der Waals surface area contributed by atoms with Crippen LogP contribution in [0.25, 0.3) is 0 Å². The number of carbonyl (C=O) groups is 1. The van der Waals surface area contributed by atoms with Gasteiger partial charge in [-0.25, -0.2) is 9.78 Å².